The first-order valence-corrected chi connectivity index (χ1v) is 9.74. The molecule has 2 aromatic carbocycles. The van der Waals surface area contributed by atoms with Crippen molar-refractivity contribution in [1.29, 1.82) is 0 Å². The molecule has 3 amide bonds. The van der Waals surface area contributed by atoms with Gasteiger partial charge in [0.25, 0.3) is 5.91 Å². The predicted molar refractivity (Wildman–Crippen MR) is 111 cm³/mol. The topological polar surface area (TPSA) is 55.9 Å². The quantitative estimate of drug-likeness (QED) is 0.818. The van der Waals surface area contributed by atoms with Gasteiger partial charge < -0.3 is 15.1 Å². The number of nitrogens with zero attached hydrogens (tertiary/aromatic N) is 3. The summed E-state index contributed by atoms with van der Waals surface area (Å²) in [7, 11) is 4.00. The lowest BCUT2D eigenvalue weighted by molar-refractivity contribution is 0.102. The summed E-state index contributed by atoms with van der Waals surface area (Å²) in [6, 6.07) is 15.2. The molecule has 0 unspecified atom stereocenters. The third kappa shape index (κ3) is 3.14. The average molecular weight is 378 g/mol. The molecule has 1 fully saturated rings. The van der Waals surface area contributed by atoms with E-state index in [1.54, 1.807) is 11.0 Å². The summed E-state index contributed by atoms with van der Waals surface area (Å²) >= 11 is 0. The largest absolute Gasteiger partial charge is 0.329 e. The second-order valence-electron chi connectivity index (χ2n) is 7.73. The Hall–Kier alpha value is -2.86. The monoisotopic (exact) mass is 378 g/mol. The van der Waals surface area contributed by atoms with Gasteiger partial charge in [0, 0.05) is 25.7 Å². The molecule has 0 radical (unpaired) electrons. The van der Waals surface area contributed by atoms with Gasteiger partial charge in [-0.25, -0.2) is 4.79 Å². The molecule has 2 aliphatic rings. The minimum atomic E-state index is -0.200. The molecule has 2 heterocycles. The Morgan fingerprint density at radius 3 is 2.54 bits per heavy atom. The molecule has 0 spiro atoms. The van der Waals surface area contributed by atoms with Crippen molar-refractivity contribution in [3.8, 4) is 0 Å². The molecule has 0 aromatic heterocycles. The third-order valence-electron chi connectivity index (χ3n) is 6.00. The van der Waals surface area contributed by atoms with E-state index in [2.05, 4.69) is 24.2 Å². The van der Waals surface area contributed by atoms with Gasteiger partial charge in [-0.05, 0) is 51.1 Å². The van der Waals surface area contributed by atoms with Crippen LogP contribution in [0.2, 0.25) is 0 Å². The fourth-order valence-electron chi connectivity index (χ4n) is 4.09. The van der Waals surface area contributed by atoms with Gasteiger partial charge in [0.15, 0.2) is 0 Å². The number of fused-ring (bicyclic) bond motifs is 2. The number of rotatable bonds is 1. The molecule has 0 saturated carbocycles. The average Bonchev–Trinajstić information content (AvgIpc) is 2.83. The van der Waals surface area contributed by atoms with E-state index in [-0.39, 0.29) is 18.0 Å². The highest BCUT2D eigenvalue weighted by Crippen LogP contribution is 2.38. The summed E-state index contributed by atoms with van der Waals surface area (Å²) in [5, 5.41) is 2.94. The molecule has 146 valence electrons. The van der Waals surface area contributed by atoms with E-state index in [0.29, 0.717) is 28.7 Å². The van der Waals surface area contributed by atoms with Gasteiger partial charge in [0.05, 0.1) is 22.6 Å². The van der Waals surface area contributed by atoms with E-state index in [1.807, 2.05) is 54.4 Å². The first kappa shape index (κ1) is 18.5. The van der Waals surface area contributed by atoms with E-state index in [0.717, 1.165) is 19.4 Å². The molecule has 28 heavy (non-hydrogen) atoms. The Bertz CT molecular complexity index is 913. The maximum absolute atomic E-state index is 13.7. The number of nitrogens with one attached hydrogen (secondary N) is 1. The van der Waals surface area contributed by atoms with Crippen molar-refractivity contribution in [2.24, 2.45) is 0 Å². The zero-order valence-corrected chi connectivity index (χ0v) is 16.6. The van der Waals surface area contributed by atoms with Crippen LogP contribution in [-0.4, -0.2) is 54.5 Å². The van der Waals surface area contributed by atoms with E-state index in [1.165, 1.54) is 0 Å². The summed E-state index contributed by atoms with van der Waals surface area (Å²) in [6.45, 7) is 3.17. The Morgan fingerprint density at radius 2 is 1.79 bits per heavy atom. The van der Waals surface area contributed by atoms with Crippen LogP contribution in [-0.2, 0) is 0 Å². The van der Waals surface area contributed by atoms with Crippen LogP contribution < -0.4 is 10.2 Å². The van der Waals surface area contributed by atoms with Crippen LogP contribution in [0.15, 0.2) is 48.5 Å². The standard InChI is InChI=1S/C22H26N4O2/c1-15-14-16(12-13-24(15)2)25(3)22(28)26-19-10-6-4-8-17(19)21(27)23-18-9-5-7-11-20(18)26/h4-11,15-16H,12-14H2,1-3H3,(H,23,27)/t15-,16+/m0/s1. The number of piperidine rings is 1. The molecular weight excluding hydrogens is 352 g/mol. The summed E-state index contributed by atoms with van der Waals surface area (Å²) in [5.41, 5.74) is 2.45. The molecule has 1 N–H and O–H groups in total. The minimum Gasteiger partial charge on any atom is -0.324 e. The smallest absolute Gasteiger partial charge is 0.324 e. The number of carbonyl (C=O) groups is 2. The fraction of sp³-hybridized carbons (Fsp3) is 0.364. The summed E-state index contributed by atoms with van der Waals surface area (Å²) < 4.78 is 0. The van der Waals surface area contributed by atoms with Gasteiger partial charge in [-0.2, -0.15) is 0 Å². The molecule has 6 heteroatoms. The number of hydrogen-bond donors (Lipinski definition) is 1. The minimum absolute atomic E-state index is 0.113. The van der Waals surface area contributed by atoms with E-state index < -0.39 is 0 Å². The van der Waals surface area contributed by atoms with E-state index >= 15 is 0 Å². The van der Waals surface area contributed by atoms with Crippen LogP contribution in [0, 0.1) is 0 Å². The molecule has 2 aromatic rings. The lowest BCUT2D eigenvalue weighted by Gasteiger charge is -2.41. The van der Waals surface area contributed by atoms with Gasteiger partial charge in [-0.3, -0.25) is 9.69 Å². The number of hydrogen-bond acceptors (Lipinski definition) is 3. The van der Waals surface area contributed by atoms with Gasteiger partial charge in [-0.15, -0.1) is 0 Å². The Morgan fingerprint density at radius 1 is 1.11 bits per heavy atom. The Kier molecular flexibility index (Phi) is 4.81. The van der Waals surface area contributed by atoms with Gasteiger partial charge in [0.1, 0.15) is 0 Å². The SMILES string of the molecule is C[C@H]1C[C@H](N(C)C(=O)N2c3ccccc3NC(=O)c3ccccc32)CCN1C. The molecule has 2 atom stereocenters. The Balaban J connectivity index is 1.75. The number of likely N-dealkylation sites (tertiary alicyclic amines) is 1. The van der Waals surface area contributed by atoms with Gasteiger partial charge in [-0.1, -0.05) is 24.3 Å². The van der Waals surface area contributed by atoms with Crippen LogP contribution in [0.5, 0.6) is 0 Å². The molecule has 2 aliphatic heterocycles. The lowest BCUT2D eigenvalue weighted by atomic mass is 9.98. The van der Waals surface area contributed by atoms with Crippen LogP contribution in [0.3, 0.4) is 0 Å². The van der Waals surface area contributed by atoms with E-state index in [4.69, 9.17) is 0 Å². The fourth-order valence-corrected chi connectivity index (χ4v) is 4.09. The maximum Gasteiger partial charge on any atom is 0.329 e. The molecule has 0 bridgehead atoms. The second-order valence-corrected chi connectivity index (χ2v) is 7.73. The highest BCUT2D eigenvalue weighted by molar-refractivity contribution is 6.17. The molecule has 6 nitrogen and oxygen atoms in total. The van der Waals surface area contributed by atoms with E-state index in [9.17, 15) is 9.59 Å². The number of anilines is 3. The normalized spacial score (nSPS) is 22.0. The molecule has 0 aliphatic carbocycles. The number of carbonyl (C=O) groups excluding carboxylic acids is 2. The van der Waals surface area contributed by atoms with Crippen LogP contribution in [0.1, 0.15) is 30.1 Å². The number of para-hydroxylation sites is 3. The van der Waals surface area contributed by atoms with Crippen LogP contribution >= 0.6 is 0 Å². The van der Waals surface area contributed by atoms with Crippen molar-refractivity contribution in [2.45, 2.75) is 31.8 Å². The third-order valence-corrected chi connectivity index (χ3v) is 6.00. The van der Waals surface area contributed by atoms with Crippen molar-refractivity contribution in [2.75, 3.05) is 30.9 Å². The zero-order chi connectivity index (χ0) is 19.8. The first-order valence-electron chi connectivity index (χ1n) is 9.74. The summed E-state index contributed by atoms with van der Waals surface area (Å²) in [5.74, 6) is -0.200. The Labute approximate surface area is 165 Å². The van der Waals surface area contributed by atoms with Gasteiger partial charge in [0.2, 0.25) is 0 Å². The van der Waals surface area contributed by atoms with Crippen LogP contribution in [0.25, 0.3) is 0 Å². The van der Waals surface area contributed by atoms with Gasteiger partial charge >= 0.3 is 6.03 Å². The highest BCUT2D eigenvalue weighted by atomic mass is 16.2. The maximum atomic E-state index is 13.7. The predicted octanol–water partition coefficient (Wildman–Crippen LogP) is 3.92. The van der Waals surface area contributed by atoms with Crippen molar-refractivity contribution in [3.05, 3.63) is 54.1 Å². The van der Waals surface area contributed by atoms with Crippen molar-refractivity contribution in [3.63, 3.8) is 0 Å². The number of benzene rings is 2. The molecular formula is C22H26N4O2. The number of amides is 3. The zero-order valence-electron chi connectivity index (χ0n) is 16.6. The summed E-state index contributed by atoms with van der Waals surface area (Å²) in [6.07, 6.45) is 1.88. The second kappa shape index (κ2) is 7.28. The molecule has 4 rings (SSSR count). The molecule has 1 saturated heterocycles. The lowest BCUT2D eigenvalue weighted by Crippen LogP contribution is -2.51. The van der Waals surface area contributed by atoms with Crippen molar-refractivity contribution >= 4 is 29.0 Å². The number of urea groups is 1. The van der Waals surface area contributed by atoms with Crippen molar-refractivity contribution < 1.29 is 9.59 Å². The van der Waals surface area contributed by atoms with Crippen LogP contribution in [0.4, 0.5) is 21.9 Å². The van der Waals surface area contributed by atoms with Crippen molar-refractivity contribution in [1.82, 2.24) is 9.80 Å². The summed E-state index contributed by atoms with van der Waals surface area (Å²) in [4.78, 5) is 32.2. The highest BCUT2D eigenvalue weighted by Gasteiger charge is 2.34. The first-order chi connectivity index (χ1) is 13.5.